The van der Waals surface area contributed by atoms with Crippen LogP contribution in [-0.2, 0) is 0 Å². The highest BCUT2D eigenvalue weighted by molar-refractivity contribution is 5.94. The Balaban J connectivity index is 0.00000180. The lowest BCUT2D eigenvalue weighted by molar-refractivity contribution is 0.0924. The van der Waals surface area contributed by atoms with E-state index in [1.807, 2.05) is 0 Å². The largest absolute Gasteiger partial charge is 0.349 e. The van der Waals surface area contributed by atoms with Gasteiger partial charge in [0.05, 0.1) is 5.56 Å². The molecule has 1 amide bonds. The molecule has 0 aliphatic heterocycles. The highest BCUT2D eigenvalue weighted by atomic mass is 35.5. The number of halogens is 3. The molecule has 1 aromatic rings. The lowest BCUT2D eigenvalue weighted by Crippen LogP contribution is -2.40. The SMILES string of the molecule is Cl.NCC1CCCC1NC(=O)c1cc(F)ccc1F. The smallest absolute Gasteiger partial charge is 0.254 e. The number of hydrogen-bond acceptors (Lipinski definition) is 2. The first-order chi connectivity index (χ1) is 8.61. The van der Waals surface area contributed by atoms with Crippen molar-refractivity contribution in [2.24, 2.45) is 11.7 Å². The van der Waals surface area contributed by atoms with Crippen molar-refractivity contribution in [3.63, 3.8) is 0 Å². The molecule has 1 aromatic carbocycles. The van der Waals surface area contributed by atoms with Gasteiger partial charge in [0.15, 0.2) is 0 Å². The Kier molecular flexibility index (Phi) is 5.69. The molecule has 2 unspecified atom stereocenters. The van der Waals surface area contributed by atoms with Crippen LogP contribution >= 0.6 is 12.4 Å². The van der Waals surface area contributed by atoms with E-state index in [2.05, 4.69) is 5.32 Å². The van der Waals surface area contributed by atoms with Crippen LogP contribution in [0.3, 0.4) is 0 Å². The minimum atomic E-state index is -0.712. The van der Waals surface area contributed by atoms with Crippen molar-refractivity contribution in [3.8, 4) is 0 Å². The predicted molar refractivity (Wildman–Crippen MR) is 71.3 cm³/mol. The Morgan fingerprint density at radius 1 is 1.37 bits per heavy atom. The fourth-order valence-corrected chi connectivity index (χ4v) is 2.43. The first-order valence-corrected chi connectivity index (χ1v) is 6.08. The third kappa shape index (κ3) is 3.64. The topological polar surface area (TPSA) is 55.1 Å². The Morgan fingerprint density at radius 3 is 2.79 bits per heavy atom. The fraction of sp³-hybridized carbons (Fsp3) is 0.462. The number of benzene rings is 1. The number of carbonyl (C=O) groups excluding carboxylic acids is 1. The molecule has 19 heavy (non-hydrogen) atoms. The van der Waals surface area contributed by atoms with Crippen LogP contribution in [0.1, 0.15) is 29.6 Å². The summed E-state index contributed by atoms with van der Waals surface area (Å²) in [5, 5.41) is 2.74. The Labute approximate surface area is 117 Å². The van der Waals surface area contributed by atoms with Crippen LogP contribution in [0.5, 0.6) is 0 Å². The van der Waals surface area contributed by atoms with Crippen molar-refractivity contribution < 1.29 is 13.6 Å². The second-order valence-electron chi connectivity index (χ2n) is 4.63. The molecule has 2 rings (SSSR count). The fourth-order valence-electron chi connectivity index (χ4n) is 2.43. The third-order valence-corrected chi connectivity index (χ3v) is 3.45. The summed E-state index contributed by atoms with van der Waals surface area (Å²) >= 11 is 0. The number of nitrogens with two attached hydrogens (primary N) is 1. The highest BCUT2D eigenvalue weighted by Gasteiger charge is 2.28. The van der Waals surface area contributed by atoms with Crippen LogP contribution in [0.15, 0.2) is 18.2 Å². The van der Waals surface area contributed by atoms with Gasteiger partial charge in [0.25, 0.3) is 5.91 Å². The maximum Gasteiger partial charge on any atom is 0.254 e. The average molecular weight is 291 g/mol. The zero-order valence-electron chi connectivity index (χ0n) is 10.4. The maximum atomic E-state index is 13.4. The predicted octanol–water partition coefficient (Wildman–Crippen LogP) is 2.24. The van der Waals surface area contributed by atoms with E-state index >= 15 is 0 Å². The van der Waals surface area contributed by atoms with Crippen LogP contribution in [0.2, 0.25) is 0 Å². The molecule has 1 fully saturated rings. The molecular formula is C13H17ClF2N2O. The van der Waals surface area contributed by atoms with E-state index < -0.39 is 17.5 Å². The summed E-state index contributed by atoms with van der Waals surface area (Å²) in [7, 11) is 0. The van der Waals surface area contributed by atoms with Gasteiger partial charge < -0.3 is 11.1 Å². The third-order valence-electron chi connectivity index (χ3n) is 3.45. The van der Waals surface area contributed by atoms with E-state index in [1.54, 1.807) is 0 Å². The van der Waals surface area contributed by atoms with Crippen LogP contribution in [-0.4, -0.2) is 18.5 Å². The molecule has 3 nitrogen and oxygen atoms in total. The van der Waals surface area contributed by atoms with Crippen LogP contribution < -0.4 is 11.1 Å². The van der Waals surface area contributed by atoms with E-state index in [1.165, 1.54) is 0 Å². The summed E-state index contributed by atoms with van der Waals surface area (Å²) in [6.07, 6.45) is 2.80. The normalized spacial score (nSPS) is 21.8. The van der Waals surface area contributed by atoms with Crippen LogP contribution in [0, 0.1) is 17.6 Å². The summed E-state index contributed by atoms with van der Waals surface area (Å²) in [6.45, 7) is 0.497. The Bertz CT molecular complexity index is 456. The van der Waals surface area contributed by atoms with Gasteiger partial charge in [-0.3, -0.25) is 4.79 Å². The van der Waals surface area contributed by atoms with Gasteiger partial charge in [-0.2, -0.15) is 0 Å². The summed E-state index contributed by atoms with van der Waals surface area (Å²) in [5.74, 6) is -1.68. The van der Waals surface area contributed by atoms with Crippen molar-refractivity contribution in [2.75, 3.05) is 6.54 Å². The van der Waals surface area contributed by atoms with E-state index in [0.29, 0.717) is 6.54 Å². The molecule has 0 saturated heterocycles. The van der Waals surface area contributed by atoms with E-state index in [4.69, 9.17) is 5.73 Å². The molecule has 3 N–H and O–H groups in total. The number of amides is 1. The molecule has 0 radical (unpaired) electrons. The molecule has 0 bridgehead atoms. The minimum absolute atomic E-state index is 0. The van der Waals surface area contributed by atoms with Crippen molar-refractivity contribution in [3.05, 3.63) is 35.4 Å². The van der Waals surface area contributed by atoms with Crippen molar-refractivity contribution in [2.45, 2.75) is 25.3 Å². The first-order valence-electron chi connectivity index (χ1n) is 6.08. The molecule has 0 spiro atoms. The molecule has 6 heteroatoms. The molecule has 0 heterocycles. The molecule has 1 aliphatic rings. The van der Waals surface area contributed by atoms with Gasteiger partial charge in [0.1, 0.15) is 11.6 Å². The number of nitrogens with one attached hydrogen (secondary N) is 1. The molecule has 1 saturated carbocycles. The van der Waals surface area contributed by atoms with Crippen molar-refractivity contribution >= 4 is 18.3 Å². The maximum absolute atomic E-state index is 13.4. The number of carbonyl (C=O) groups is 1. The monoisotopic (exact) mass is 290 g/mol. The van der Waals surface area contributed by atoms with E-state index in [0.717, 1.165) is 37.5 Å². The quantitative estimate of drug-likeness (QED) is 0.897. The summed E-state index contributed by atoms with van der Waals surface area (Å²) in [5.41, 5.74) is 5.36. The summed E-state index contributed by atoms with van der Waals surface area (Å²) in [6, 6.07) is 2.82. The van der Waals surface area contributed by atoms with Crippen molar-refractivity contribution in [1.29, 1.82) is 0 Å². The average Bonchev–Trinajstić information content (AvgIpc) is 2.79. The summed E-state index contributed by atoms with van der Waals surface area (Å²) < 4.78 is 26.4. The lowest BCUT2D eigenvalue weighted by Gasteiger charge is -2.19. The van der Waals surface area contributed by atoms with Crippen molar-refractivity contribution in [1.82, 2.24) is 5.32 Å². The first kappa shape index (κ1) is 15.9. The number of hydrogen-bond donors (Lipinski definition) is 2. The van der Waals surface area contributed by atoms with Gasteiger partial charge in [-0.05, 0) is 43.5 Å². The second-order valence-corrected chi connectivity index (χ2v) is 4.63. The second kappa shape index (κ2) is 6.82. The summed E-state index contributed by atoms with van der Waals surface area (Å²) in [4.78, 5) is 11.9. The molecule has 1 aliphatic carbocycles. The zero-order chi connectivity index (χ0) is 13.1. The lowest BCUT2D eigenvalue weighted by atomic mass is 10.0. The highest BCUT2D eigenvalue weighted by Crippen LogP contribution is 2.25. The number of rotatable bonds is 3. The van der Waals surface area contributed by atoms with Gasteiger partial charge in [-0.15, -0.1) is 12.4 Å². The minimum Gasteiger partial charge on any atom is -0.349 e. The van der Waals surface area contributed by atoms with Gasteiger partial charge >= 0.3 is 0 Å². The van der Waals surface area contributed by atoms with Gasteiger partial charge in [0, 0.05) is 6.04 Å². The van der Waals surface area contributed by atoms with E-state index in [9.17, 15) is 13.6 Å². The van der Waals surface area contributed by atoms with Gasteiger partial charge in [-0.1, -0.05) is 6.42 Å². The van der Waals surface area contributed by atoms with Crippen LogP contribution in [0.4, 0.5) is 8.78 Å². The van der Waals surface area contributed by atoms with Gasteiger partial charge in [0.2, 0.25) is 0 Å². The molecular weight excluding hydrogens is 274 g/mol. The molecule has 2 atom stereocenters. The standard InChI is InChI=1S/C13H16F2N2O.ClH/c14-9-4-5-11(15)10(6-9)13(18)17-12-3-1-2-8(12)7-16;/h4-6,8,12H,1-3,7,16H2,(H,17,18);1H. The van der Waals surface area contributed by atoms with E-state index in [-0.39, 0.29) is 29.9 Å². The molecule has 0 aromatic heterocycles. The molecule has 106 valence electrons. The Morgan fingerprint density at radius 2 is 2.11 bits per heavy atom. The zero-order valence-corrected chi connectivity index (χ0v) is 11.2. The van der Waals surface area contributed by atoms with Gasteiger partial charge in [-0.25, -0.2) is 8.78 Å². The Hall–Kier alpha value is -1.20. The van der Waals surface area contributed by atoms with Crippen LogP contribution in [0.25, 0.3) is 0 Å².